The van der Waals surface area contributed by atoms with E-state index in [1.807, 2.05) is 12.1 Å². The molecule has 106 valence electrons. The highest BCUT2D eigenvalue weighted by molar-refractivity contribution is 6.30. The van der Waals surface area contributed by atoms with Gasteiger partial charge in [0.25, 0.3) is 0 Å². The zero-order valence-corrected chi connectivity index (χ0v) is 12.6. The third-order valence-electron chi connectivity index (χ3n) is 3.87. The van der Waals surface area contributed by atoms with Crippen molar-refractivity contribution in [1.82, 2.24) is 5.32 Å². The van der Waals surface area contributed by atoms with Crippen molar-refractivity contribution in [3.8, 4) is 0 Å². The summed E-state index contributed by atoms with van der Waals surface area (Å²) in [7, 11) is 1.78. The number of hydrogen-bond donors (Lipinski definition) is 1. The fourth-order valence-electron chi connectivity index (χ4n) is 2.45. The first-order valence-corrected chi connectivity index (χ1v) is 7.53. The number of rotatable bonds is 8. The minimum atomic E-state index is 0.551. The third kappa shape index (κ3) is 5.13. The number of hydrogen-bond acceptors (Lipinski definition) is 2. The van der Waals surface area contributed by atoms with Gasteiger partial charge in [-0.3, -0.25) is 0 Å². The van der Waals surface area contributed by atoms with E-state index in [9.17, 15) is 0 Å². The molecule has 19 heavy (non-hydrogen) atoms. The molecule has 1 saturated carbocycles. The minimum absolute atomic E-state index is 0.551. The van der Waals surface area contributed by atoms with E-state index < -0.39 is 0 Å². The normalized spacial score (nSPS) is 18.3. The van der Waals surface area contributed by atoms with Gasteiger partial charge < -0.3 is 10.1 Å². The molecule has 0 aliphatic heterocycles. The maximum absolute atomic E-state index is 6.07. The molecule has 1 aromatic carbocycles. The molecule has 1 aromatic rings. The molecule has 0 heterocycles. The largest absolute Gasteiger partial charge is 0.384 e. The van der Waals surface area contributed by atoms with Gasteiger partial charge >= 0.3 is 0 Å². The van der Waals surface area contributed by atoms with Crippen LogP contribution in [0, 0.1) is 11.8 Å². The first-order valence-electron chi connectivity index (χ1n) is 7.15. The van der Waals surface area contributed by atoms with Crippen LogP contribution in [-0.2, 0) is 11.2 Å². The smallest absolute Gasteiger partial charge is 0.0491 e. The van der Waals surface area contributed by atoms with E-state index in [1.165, 1.54) is 18.4 Å². The molecule has 2 unspecified atom stereocenters. The summed E-state index contributed by atoms with van der Waals surface area (Å²) >= 11 is 6.07. The highest BCUT2D eigenvalue weighted by atomic mass is 35.5. The summed E-state index contributed by atoms with van der Waals surface area (Å²) in [5.74, 6) is 1.15. The summed E-state index contributed by atoms with van der Waals surface area (Å²) in [5, 5.41) is 4.47. The summed E-state index contributed by atoms with van der Waals surface area (Å²) < 4.78 is 5.31. The van der Waals surface area contributed by atoms with E-state index in [-0.39, 0.29) is 0 Å². The fourth-order valence-corrected chi connectivity index (χ4v) is 2.66. The van der Waals surface area contributed by atoms with Crippen LogP contribution in [0.15, 0.2) is 24.3 Å². The van der Waals surface area contributed by atoms with Crippen LogP contribution in [0.25, 0.3) is 0 Å². The van der Waals surface area contributed by atoms with Crippen molar-refractivity contribution in [3.63, 3.8) is 0 Å². The average Bonchev–Trinajstić information content (AvgIpc) is 3.18. The van der Waals surface area contributed by atoms with Crippen molar-refractivity contribution in [2.75, 3.05) is 20.3 Å². The number of methoxy groups -OCH3 is 1. The van der Waals surface area contributed by atoms with Crippen LogP contribution >= 0.6 is 11.6 Å². The van der Waals surface area contributed by atoms with Crippen LogP contribution in [-0.4, -0.2) is 26.3 Å². The van der Waals surface area contributed by atoms with Crippen molar-refractivity contribution in [1.29, 1.82) is 0 Å². The quantitative estimate of drug-likeness (QED) is 0.787. The SMILES string of the molecule is COCC(C)C(CNC1CC1)Cc1cccc(Cl)c1. The number of ether oxygens (including phenoxy) is 1. The molecule has 0 saturated heterocycles. The van der Waals surface area contributed by atoms with Gasteiger partial charge in [-0.2, -0.15) is 0 Å². The monoisotopic (exact) mass is 281 g/mol. The summed E-state index contributed by atoms with van der Waals surface area (Å²) in [4.78, 5) is 0. The first kappa shape index (κ1) is 14.8. The Balaban J connectivity index is 1.94. The number of halogens is 1. The number of nitrogens with one attached hydrogen (secondary N) is 1. The molecular weight excluding hydrogens is 258 g/mol. The minimum Gasteiger partial charge on any atom is -0.384 e. The molecule has 2 rings (SSSR count). The standard InChI is InChI=1S/C16H24ClNO/c1-12(11-19-2)14(10-18-16-6-7-16)8-13-4-3-5-15(17)9-13/h3-5,9,12,14,16,18H,6-8,10-11H2,1-2H3. The Kier molecular flexibility index (Phi) is 5.68. The van der Waals surface area contributed by atoms with Crippen LogP contribution in [0.2, 0.25) is 5.02 Å². The van der Waals surface area contributed by atoms with Gasteiger partial charge in [-0.05, 0) is 55.3 Å². The molecule has 1 aliphatic carbocycles. The topological polar surface area (TPSA) is 21.3 Å². The lowest BCUT2D eigenvalue weighted by Gasteiger charge is -2.24. The van der Waals surface area contributed by atoms with Crippen molar-refractivity contribution in [3.05, 3.63) is 34.9 Å². The second-order valence-corrected chi connectivity index (χ2v) is 6.15. The molecular formula is C16H24ClNO. The summed E-state index contributed by atoms with van der Waals surface area (Å²) in [6, 6.07) is 8.96. The van der Waals surface area contributed by atoms with Gasteiger partial charge in [-0.25, -0.2) is 0 Å². The molecule has 1 fully saturated rings. The average molecular weight is 282 g/mol. The summed E-state index contributed by atoms with van der Waals surface area (Å²) in [6.07, 6.45) is 3.73. The Bertz CT molecular complexity index is 392. The highest BCUT2D eigenvalue weighted by Crippen LogP contribution is 2.23. The van der Waals surface area contributed by atoms with Gasteiger partial charge in [-0.15, -0.1) is 0 Å². The Hall–Kier alpha value is -0.570. The van der Waals surface area contributed by atoms with E-state index in [4.69, 9.17) is 16.3 Å². The van der Waals surface area contributed by atoms with Crippen LogP contribution in [0.3, 0.4) is 0 Å². The second kappa shape index (κ2) is 7.28. The highest BCUT2D eigenvalue weighted by Gasteiger charge is 2.24. The predicted octanol–water partition coefficient (Wildman–Crippen LogP) is 3.53. The zero-order chi connectivity index (χ0) is 13.7. The predicted molar refractivity (Wildman–Crippen MR) is 80.7 cm³/mol. The zero-order valence-electron chi connectivity index (χ0n) is 11.9. The van der Waals surface area contributed by atoms with Gasteiger partial charge in [0.15, 0.2) is 0 Å². The number of benzene rings is 1. The molecule has 3 heteroatoms. The van der Waals surface area contributed by atoms with Gasteiger partial charge in [0, 0.05) is 24.8 Å². The maximum atomic E-state index is 6.07. The van der Waals surface area contributed by atoms with Gasteiger partial charge in [-0.1, -0.05) is 30.7 Å². The Morgan fingerprint density at radius 3 is 2.84 bits per heavy atom. The van der Waals surface area contributed by atoms with E-state index in [0.717, 1.165) is 30.6 Å². The Labute approximate surface area is 121 Å². The van der Waals surface area contributed by atoms with Crippen molar-refractivity contribution in [2.45, 2.75) is 32.2 Å². The van der Waals surface area contributed by atoms with Crippen LogP contribution in [0.4, 0.5) is 0 Å². The van der Waals surface area contributed by atoms with Crippen molar-refractivity contribution >= 4 is 11.6 Å². The van der Waals surface area contributed by atoms with E-state index >= 15 is 0 Å². The summed E-state index contributed by atoms with van der Waals surface area (Å²) in [6.45, 7) is 4.16. The van der Waals surface area contributed by atoms with Crippen LogP contribution < -0.4 is 5.32 Å². The molecule has 1 aliphatic rings. The van der Waals surface area contributed by atoms with Crippen LogP contribution in [0.1, 0.15) is 25.3 Å². The lowest BCUT2D eigenvalue weighted by atomic mass is 9.88. The molecule has 2 atom stereocenters. The second-order valence-electron chi connectivity index (χ2n) is 5.71. The van der Waals surface area contributed by atoms with E-state index in [2.05, 4.69) is 24.4 Å². The lowest BCUT2D eigenvalue weighted by molar-refractivity contribution is 0.128. The molecule has 0 spiro atoms. The van der Waals surface area contributed by atoms with Crippen LogP contribution in [0.5, 0.6) is 0 Å². The van der Waals surface area contributed by atoms with Crippen molar-refractivity contribution < 1.29 is 4.74 Å². The molecule has 0 aromatic heterocycles. The van der Waals surface area contributed by atoms with Gasteiger partial charge in [0.1, 0.15) is 0 Å². The molecule has 2 nitrogen and oxygen atoms in total. The van der Waals surface area contributed by atoms with E-state index in [0.29, 0.717) is 11.8 Å². The summed E-state index contributed by atoms with van der Waals surface area (Å²) in [5.41, 5.74) is 1.32. The first-order chi connectivity index (χ1) is 9.19. The molecule has 1 N–H and O–H groups in total. The Morgan fingerprint density at radius 1 is 1.42 bits per heavy atom. The fraction of sp³-hybridized carbons (Fsp3) is 0.625. The maximum Gasteiger partial charge on any atom is 0.0491 e. The molecule has 0 radical (unpaired) electrons. The Morgan fingerprint density at radius 2 is 2.21 bits per heavy atom. The lowest BCUT2D eigenvalue weighted by Crippen LogP contribution is -2.31. The van der Waals surface area contributed by atoms with Gasteiger partial charge in [0.2, 0.25) is 0 Å². The third-order valence-corrected chi connectivity index (χ3v) is 4.10. The van der Waals surface area contributed by atoms with Gasteiger partial charge in [0.05, 0.1) is 0 Å². The van der Waals surface area contributed by atoms with E-state index in [1.54, 1.807) is 7.11 Å². The van der Waals surface area contributed by atoms with Crippen molar-refractivity contribution in [2.24, 2.45) is 11.8 Å². The molecule has 0 amide bonds. The molecule has 0 bridgehead atoms.